The maximum Gasteiger partial charge on any atom is 0.314 e. The molecule has 5 nitrogen and oxygen atoms in total. The van der Waals surface area contributed by atoms with Crippen molar-refractivity contribution < 1.29 is 14.3 Å². The first kappa shape index (κ1) is 11.1. The third-order valence-electron chi connectivity index (χ3n) is 1.16. The quantitative estimate of drug-likeness (QED) is 0.418. The first-order valence-electron chi connectivity index (χ1n) is 3.84. The molecule has 0 aromatic heterocycles. The second kappa shape index (κ2) is 6.75. The first-order valence-corrected chi connectivity index (χ1v) is 3.84. The number of ether oxygens (including phenoxy) is 1. The van der Waals surface area contributed by atoms with Crippen LogP contribution >= 0.6 is 0 Å². The molecule has 0 radical (unpaired) electrons. The summed E-state index contributed by atoms with van der Waals surface area (Å²) < 4.78 is 4.38. The topological polar surface area (TPSA) is 95.4 Å². The SMILES string of the molecule is NCCCC(=O)OC(=O)CCN. The lowest BCUT2D eigenvalue weighted by atomic mass is 10.3. The molecule has 4 N–H and O–H groups in total. The third kappa shape index (κ3) is 5.82. The zero-order valence-electron chi connectivity index (χ0n) is 6.91. The molecule has 0 unspecified atom stereocenters. The molecule has 0 bridgehead atoms. The first-order chi connectivity index (χ1) is 5.70. The predicted octanol–water partition coefficient (Wildman–Crippen LogP) is -0.856. The van der Waals surface area contributed by atoms with Gasteiger partial charge in [0.05, 0.1) is 6.42 Å². The van der Waals surface area contributed by atoms with E-state index >= 15 is 0 Å². The van der Waals surface area contributed by atoms with Crippen LogP contribution in [-0.2, 0) is 14.3 Å². The van der Waals surface area contributed by atoms with E-state index in [1.54, 1.807) is 0 Å². The standard InChI is InChI=1S/C7H14N2O3/c8-4-1-2-6(10)12-7(11)3-5-9/h1-5,8-9H2. The van der Waals surface area contributed by atoms with Gasteiger partial charge in [0.15, 0.2) is 0 Å². The highest BCUT2D eigenvalue weighted by molar-refractivity contribution is 5.85. The van der Waals surface area contributed by atoms with Crippen LogP contribution in [0.15, 0.2) is 0 Å². The van der Waals surface area contributed by atoms with E-state index in [-0.39, 0.29) is 19.4 Å². The van der Waals surface area contributed by atoms with Gasteiger partial charge in [-0.2, -0.15) is 0 Å². The van der Waals surface area contributed by atoms with Crippen LogP contribution in [0.4, 0.5) is 0 Å². The summed E-state index contributed by atoms with van der Waals surface area (Å²) in [6.07, 6.45) is 0.802. The molecular formula is C7H14N2O3. The average molecular weight is 174 g/mol. The van der Waals surface area contributed by atoms with E-state index in [1.807, 2.05) is 0 Å². The van der Waals surface area contributed by atoms with Crippen molar-refractivity contribution in [3.8, 4) is 0 Å². The molecule has 0 aliphatic carbocycles. The molecule has 0 aliphatic rings. The molecule has 0 saturated heterocycles. The summed E-state index contributed by atoms with van der Waals surface area (Å²) in [6, 6.07) is 0. The van der Waals surface area contributed by atoms with Gasteiger partial charge in [0.25, 0.3) is 0 Å². The summed E-state index contributed by atoms with van der Waals surface area (Å²) in [5, 5.41) is 0. The van der Waals surface area contributed by atoms with Crippen molar-refractivity contribution in [3.05, 3.63) is 0 Å². The summed E-state index contributed by atoms with van der Waals surface area (Å²) in [5.74, 6) is -1.10. The maximum absolute atomic E-state index is 10.7. The Bertz CT molecular complexity index is 159. The highest BCUT2D eigenvalue weighted by Gasteiger charge is 2.07. The Hall–Kier alpha value is -0.940. The zero-order valence-corrected chi connectivity index (χ0v) is 6.91. The lowest BCUT2D eigenvalue weighted by Crippen LogP contribution is -2.16. The summed E-state index contributed by atoms with van der Waals surface area (Å²) in [5.41, 5.74) is 10.2. The summed E-state index contributed by atoms with van der Waals surface area (Å²) in [6.45, 7) is 0.614. The molecule has 0 saturated carbocycles. The maximum atomic E-state index is 10.7. The minimum atomic E-state index is -0.570. The Morgan fingerprint density at radius 1 is 1.00 bits per heavy atom. The van der Waals surface area contributed by atoms with E-state index in [0.717, 1.165) is 0 Å². The van der Waals surface area contributed by atoms with Gasteiger partial charge in [-0.05, 0) is 13.0 Å². The molecule has 0 aromatic rings. The van der Waals surface area contributed by atoms with Crippen LogP contribution in [0.25, 0.3) is 0 Å². The number of hydrogen-bond donors (Lipinski definition) is 2. The molecule has 0 heterocycles. The van der Waals surface area contributed by atoms with Gasteiger partial charge in [0.2, 0.25) is 0 Å². The van der Waals surface area contributed by atoms with Crippen molar-refractivity contribution in [2.45, 2.75) is 19.3 Å². The van der Waals surface area contributed by atoms with Crippen molar-refractivity contribution >= 4 is 11.9 Å². The molecular weight excluding hydrogens is 160 g/mol. The van der Waals surface area contributed by atoms with Gasteiger partial charge in [0.1, 0.15) is 0 Å². The monoisotopic (exact) mass is 174 g/mol. The molecule has 0 atom stereocenters. The number of carbonyl (C=O) groups is 2. The van der Waals surface area contributed by atoms with Crippen LogP contribution in [0.2, 0.25) is 0 Å². The van der Waals surface area contributed by atoms with Gasteiger partial charge in [-0.15, -0.1) is 0 Å². The van der Waals surface area contributed by atoms with E-state index in [2.05, 4.69) is 4.74 Å². The number of rotatable bonds is 5. The minimum absolute atomic E-state index is 0.0777. The lowest BCUT2D eigenvalue weighted by Gasteiger charge is -2.00. The fourth-order valence-electron chi connectivity index (χ4n) is 0.593. The van der Waals surface area contributed by atoms with Gasteiger partial charge in [-0.3, -0.25) is 9.59 Å². The largest absolute Gasteiger partial charge is 0.393 e. The Morgan fingerprint density at radius 3 is 2.08 bits per heavy atom. The fraction of sp³-hybridized carbons (Fsp3) is 0.714. The second-order valence-electron chi connectivity index (χ2n) is 2.28. The molecule has 5 heteroatoms. The second-order valence-corrected chi connectivity index (χ2v) is 2.28. The van der Waals surface area contributed by atoms with Gasteiger partial charge in [-0.1, -0.05) is 0 Å². The van der Waals surface area contributed by atoms with Gasteiger partial charge >= 0.3 is 11.9 Å². The van der Waals surface area contributed by atoms with Crippen molar-refractivity contribution in [2.75, 3.05) is 13.1 Å². The minimum Gasteiger partial charge on any atom is -0.393 e. The van der Waals surface area contributed by atoms with E-state index in [0.29, 0.717) is 13.0 Å². The van der Waals surface area contributed by atoms with Gasteiger partial charge in [0, 0.05) is 13.0 Å². The molecule has 0 aromatic carbocycles. The van der Waals surface area contributed by atoms with Gasteiger partial charge < -0.3 is 16.2 Å². The Kier molecular flexibility index (Phi) is 6.22. The fourth-order valence-corrected chi connectivity index (χ4v) is 0.593. The van der Waals surface area contributed by atoms with E-state index in [1.165, 1.54) is 0 Å². The summed E-state index contributed by atoms with van der Waals surface area (Å²) in [7, 11) is 0. The molecule has 70 valence electrons. The molecule has 0 amide bonds. The van der Waals surface area contributed by atoms with Crippen LogP contribution in [-0.4, -0.2) is 25.0 Å². The van der Waals surface area contributed by atoms with Crippen molar-refractivity contribution in [3.63, 3.8) is 0 Å². The normalized spacial score (nSPS) is 9.50. The van der Waals surface area contributed by atoms with Crippen LogP contribution in [0, 0.1) is 0 Å². The van der Waals surface area contributed by atoms with Crippen LogP contribution < -0.4 is 11.5 Å². The Labute approximate surface area is 71.0 Å². The highest BCUT2D eigenvalue weighted by Crippen LogP contribution is 1.93. The van der Waals surface area contributed by atoms with Crippen molar-refractivity contribution in [2.24, 2.45) is 11.5 Å². The van der Waals surface area contributed by atoms with E-state index in [4.69, 9.17) is 11.5 Å². The van der Waals surface area contributed by atoms with Crippen LogP contribution in [0.1, 0.15) is 19.3 Å². The Morgan fingerprint density at radius 2 is 1.58 bits per heavy atom. The zero-order chi connectivity index (χ0) is 9.40. The van der Waals surface area contributed by atoms with E-state index < -0.39 is 11.9 Å². The summed E-state index contributed by atoms with van der Waals surface area (Å²) >= 11 is 0. The lowest BCUT2D eigenvalue weighted by molar-refractivity contribution is -0.159. The van der Waals surface area contributed by atoms with Gasteiger partial charge in [-0.25, -0.2) is 0 Å². The van der Waals surface area contributed by atoms with E-state index in [9.17, 15) is 9.59 Å². The molecule has 12 heavy (non-hydrogen) atoms. The summed E-state index contributed by atoms with van der Waals surface area (Å²) in [4.78, 5) is 21.4. The third-order valence-corrected chi connectivity index (χ3v) is 1.16. The van der Waals surface area contributed by atoms with Crippen LogP contribution in [0.5, 0.6) is 0 Å². The number of esters is 2. The molecule has 0 aliphatic heterocycles. The Balaban J connectivity index is 3.47. The average Bonchev–Trinajstić information content (AvgIpc) is 2.01. The number of hydrogen-bond acceptors (Lipinski definition) is 5. The predicted molar refractivity (Wildman–Crippen MR) is 43.1 cm³/mol. The van der Waals surface area contributed by atoms with Crippen molar-refractivity contribution in [1.82, 2.24) is 0 Å². The number of nitrogens with two attached hydrogens (primary N) is 2. The van der Waals surface area contributed by atoms with Crippen molar-refractivity contribution in [1.29, 1.82) is 0 Å². The number of carbonyl (C=O) groups excluding carboxylic acids is 2. The van der Waals surface area contributed by atoms with Crippen LogP contribution in [0.3, 0.4) is 0 Å². The smallest absolute Gasteiger partial charge is 0.314 e. The molecule has 0 fully saturated rings. The molecule has 0 spiro atoms. The highest BCUT2D eigenvalue weighted by atomic mass is 16.6. The molecule has 0 rings (SSSR count).